The average Bonchev–Trinajstić information content (AvgIpc) is 3.03. The first-order chi connectivity index (χ1) is 11.5. The number of alkyl halides is 3. The van der Waals surface area contributed by atoms with Crippen molar-refractivity contribution in [1.29, 1.82) is 0 Å². The second-order valence-electron chi connectivity index (χ2n) is 5.89. The Morgan fingerprint density at radius 2 is 1.96 bits per heavy atom. The Hall–Kier alpha value is -1.93. The molecule has 1 fully saturated rings. The van der Waals surface area contributed by atoms with E-state index in [1.54, 1.807) is 0 Å². The van der Waals surface area contributed by atoms with Gasteiger partial charge in [-0.1, -0.05) is 23.7 Å². The zero-order valence-corrected chi connectivity index (χ0v) is 13.0. The van der Waals surface area contributed by atoms with Crippen LogP contribution in [0.25, 0.3) is 11.4 Å². The lowest BCUT2D eigenvalue weighted by molar-refractivity contribution is -0.137. The Morgan fingerprint density at radius 1 is 1.21 bits per heavy atom. The summed E-state index contributed by atoms with van der Waals surface area (Å²) in [6, 6.07) is 4.74. The first-order valence-electron chi connectivity index (χ1n) is 7.82. The summed E-state index contributed by atoms with van der Waals surface area (Å²) >= 11 is 0. The molecule has 2 aromatic rings. The van der Waals surface area contributed by atoms with Gasteiger partial charge in [0.1, 0.15) is 0 Å². The zero-order valence-electron chi connectivity index (χ0n) is 13.0. The number of hydrogen-bond donors (Lipinski definition) is 1. The molecule has 1 atom stereocenters. The van der Waals surface area contributed by atoms with Crippen molar-refractivity contribution in [2.75, 3.05) is 13.2 Å². The number of rotatable bonds is 4. The molecule has 5 nitrogen and oxygen atoms in total. The van der Waals surface area contributed by atoms with Gasteiger partial charge >= 0.3 is 6.18 Å². The summed E-state index contributed by atoms with van der Waals surface area (Å²) in [6.45, 7) is 1.36. The van der Waals surface area contributed by atoms with Gasteiger partial charge in [0, 0.05) is 11.6 Å². The van der Waals surface area contributed by atoms with Crippen molar-refractivity contribution in [2.24, 2.45) is 0 Å². The SMILES string of the molecule is OC[C@H]1CCCCN1Cc1nc(-c2ccc(C(F)(F)F)cc2)no1. The van der Waals surface area contributed by atoms with Gasteiger partial charge in [0.05, 0.1) is 18.7 Å². The minimum Gasteiger partial charge on any atom is -0.395 e. The Bertz CT molecular complexity index is 670. The zero-order chi connectivity index (χ0) is 17.2. The summed E-state index contributed by atoms with van der Waals surface area (Å²) in [4.78, 5) is 6.34. The van der Waals surface area contributed by atoms with Crippen molar-refractivity contribution in [3.8, 4) is 11.4 Å². The molecule has 0 bridgehead atoms. The largest absolute Gasteiger partial charge is 0.416 e. The summed E-state index contributed by atoms with van der Waals surface area (Å²) in [7, 11) is 0. The Morgan fingerprint density at radius 3 is 2.62 bits per heavy atom. The van der Waals surface area contributed by atoms with E-state index in [1.165, 1.54) is 12.1 Å². The van der Waals surface area contributed by atoms with Crippen molar-refractivity contribution in [3.05, 3.63) is 35.7 Å². The molecule has 0 spiro atoms. The van der Waals surface area contributed by atoms with Crippen LogP contribution in [-0.2, 0) is 12.7 Å². The fourth-order valence-electron chi connectivity index (χ4n) is 2.89. The minimum atomic E-state index is -4.37. The maximum atomic E-state index is 12.6. The molecular weight excluding hydrogens is 323 g/mol. The molecular formula is C16H18F3N3O2. The van der Waals surface area contributed by atoms with E-state index >= 15 is 0 Å². The van der Waals surface area contributed by atoms with Gasteiger partial charge in [0.15, 0.2) is 0 Å². The molecule has 0 radical (unpaired) electrons. The number of aromatic nitrogens is 2. The molecule has 0 aliphatic carbocycles. The predicted octanol–water partition coefficient (Wildman–Crippen LogP) is 3.10. The number of hydrogen-bond acceptors (Lipinski definition) is 5. The molecule has 1 aromatic carbocycles. The maximum Gasteiger partial charge on any atom is 0.416 e. The van der Waals surface area contributed by atoms with Gasteiger partial charge < -0.3 is 9.63 Å². The predicted molar refractivity (Wildman–Crippen MR) is 79.9 cm³/mol. The van der Waals surface area contributed by atoms with Gasteiger partial charge in [-0.15, -0.1) is 0 Å². The third-order valence-corrected chi connectivity index (χ3v) is 4.24. The molecule has 0 amide bonds. The molecule has 1 saturated heterocycles. The van der Waals surface area contributed by atoms with Gasteiger partial charge in [-0.3, -0.25) is 4.90 Å². The summed E-state index contributed by atoms with van der Waals surface area (Å²) in [5.74, 6) is 0.654. The first-order valence-corrected chi connectivity index (χ1v) is 7.82. The van der Waals surface area contributed by atoms with Crippen LogP contribution in [0, 0.1) is 0 Å². The Balaban J connectivity index is 1.71. The molecule has 1 aromatic heterocycles. The molecule has 0 unspecified atom stereocenters. The van der Waals surface area contributed by atoms with Gasteiger partial charge in [-0.2, -0.15) is 18.2 Å². The molecule has 0 saturated carbocycles. The highest BCUT2D eigenvalue weighted by Crippen LogP contribution is 2.30. The van der Waals surface area contributed by atoms with Gasteiger partial charge in [-0.05, 0) is 31.5 Å². The van der Waals surface area contributed by atoms with Crippen LogP contribution in [-0.4, -0.2) is 39.3 Å². The van der Waals surface area contributed by atoms with E-state index in [1.807, 2.05) is 0 Å². The van der Waals surface area contributed by atoms with Crippen LogP contribution >= 0.6 is 0 Å². The van der Waals surface area contributed by atoms with E-state index in [0.29, 0.717) is 18.0 Å². The lowest BCUT2D eigenvalue weighted by atomic mass is 10.0. The standard InChI is InChI=1S/C16H18F3N3O2/c17-16(18,19)12-6-4-11(5-7-12)15-20-14(24-21-15)9-22-8-2-1-3-13(22)10-23/h4-7,13,23H,1-3,8-10H2/t13-/m1/s1. The first kappa shape index (κ1) is 16.9. The normalized spacial score (nSPS) is 19.6. The third kappa shape index (κ3) is 3.76. The number of likely N-dealkylation sites (tertiary alicyclic amines) is 1. The molecule has 1 N–H and O–H groups in total. The van der Waals surface area contributed by atoms with Crippen molar-refractivity contribution in [1.82, 2.24) is 15.0 Å². The third-order valence-electron chi connectivity index (χ3n) is 4.24. The van der Waals surface area contributed by atoms with Crippen molar-refractivity contribution < 1.29 is 22.8 Å². The van der Waals surface area contributed by atoms with Crippen molar-refractivity contribution >= 4 is 0 Å². The van der Waals surface area contributed by atoms with Crippen LogP contribution in [0.2, 0.25) is 0 Å². The number of benzene rings is 1. The number of piperidine rings is 1. The molecule has 3 rings (SSSR count). The van der Waals surface area contributed by atoms with Gasteiger partial charge in [0.2, 0.25) is 11.7 Å². The molecule has 1 aliphatic rings. The molecule has 1 aliphatic heterocycles. The summed E-state index contributed by atoms with van der Waals surface area (Å²) < 4.78 is 42.9. The van der Waals surface area contributed by atoms with Crippen LogP contribution in [0.5, 0.6) is 0 Å². The number of aliphatic hydroxyl groups is 1. The van der Waals surface area contributed by atoms with Crippen LogP contribution < -0.4 is 0 Å². The summed E-state index contributed by atoms with van der Waals surface area (Å²) in [5, 5.41) is 13.3. The second-order valence-corrected chi connectivity index (χ2v) is 5.89. The highest BCUT2D eigenvalue weighted by atomic mass is 19.4. The topological polar surface area (TPSA) is 62.4 Å². The van der Waals surface area contributed by atoms with Gasteiger partial charge in [-0.25, -0.2) is 0 Å². The fourth-order valence-corrected chi connectivity index (χ4v) is 2.89. The van der Waals surface area contributed by atoms with E-state index in [-0.39, 0.29) is 18.5 Å². The number of nitrogens with zero attached hydrogens (tertiary/aromatic N) is 3. The van der Waals surface area contributed by atoms with E-state index in [0.717, 1.165) is 37.9 Å². The van der Waals surface area contributed by atoms with E-state index in [2.05, 4.69) is 15.0 Å². The van der Waals surface area contributed by atoms with Crippen molar-refractivity contribution in [3.63, 3.8) is 0 Å². The second kappa shape index (κ2) is 6.90. The highest BCUT2D eigenvalue weighted by Gasteiger charge is 2.30. The van der Waals surface area contributed by atoms with E-state index < -0.39 is 11.7 Å². The molecule has 24 heavy (non-hydrogen) atoms. The van der Waals surface area contributed by atoms with Gasteiger partial charge in [0.25, 0.3) is 0 Å². The summed E-state index contributed by atoms with van der Waals surface area (Å²) in [5.41, 5.74) is -0.246. The lowest BCUT2D eigenvalue weighted by Crippen LogP contribution is -2.41. The Labute approximate surface area is 137 Å². The van der Waals surface area contributed by atoms with E-state index in [4.69, 9.17) is 4.52 Å². The van der Waals surface area contributed by atoms with Crippen LogP contribution in [0.3, 0.4) is 0 Å². The summed E-state index contributed by atoms with van der Waals surface area (Å²) in [6.07, 6.45) is -1.30. The monoisotopic (exact) mass is 341 g/mol. The molecule has 8 heteroatoms. The molecule has 2 heterocycles. The lowest BCUT2D eigenvalue weighted by Gasteiger charge is -2.33. The number of halogens is 3. The van der Waals surface area contributed by atoms with E-state index in [9.17, 15) is 18.3 Å². The number of aliphatic hydroxyl groups excluding tert-OH is 1. The minimum absolute atomic E-state index is 0.0832. The van der Waals surface area contributed by atoms with Crippen molar-refractivity contribution in [2.45, 2.75) is 38.0 Å². The quantitative estimate of drug-likeness (QED) is 0.926. The Kier molecular flexibility index (Phi) is 4.86. The van der Waals surface area contributed by atoms with Crippen LogP contribution in [0.4, 0.5) is 13.2 Å². The van der Waals surface area contributed by atoms with Crippen LogP contribution in [0.1, 0.15) is 30.7 Å². The average molecular weight is 341 g/mol. The fraction of sp³-hybridized carbons (Fsp3) is 0.500. The van der Waals surface area contributed by atoms with Crippen LogP contribution in [0.15, 0.2) is 28.8 Å². The maximum absolute atomic E-state index is 12.6. The molecule has 130 valence electrons. The highest BCUT2D eigenvalue weighted by molar-refractivity contribution is 5.54. The smallest absolute Gasteiger partial charge is 0.395 e.